The van der Waals surface area contributed by atoms with Crippen LogP contribution in [0.3, 0.4) is 0 Å². The van der Waals surface area contributed by atoms with Gasteiger partial charge in [0.2, 0.25) is 11.8 Å². The summed E-state index contributed by atoms with van der Waals surface area (Å²) < 4.78 is 15.8. The number of aliphatic hydroxyl groups is 1. The highest BCUT2D eigenvalue weighted by Crippen LogP contribution is 2.45. The van der Waals surface area contributed by atoms with Crippen LogP contribution in [0.25, 0.3) is 0 Å². The van der Waals surface area contributed by atoms with E-state index in [-0.39, 0.29) is 31.9 Å². The Morgan fingerprint density at radius 3 is 2.51 bits per heavy atom. The number of amides is 3. The number of ether oxygens (including phenoxy) is 3. The van der Waals surface area contributed by atoms with Crippen molar-refractivity contribution in [2.75, 3.05) is 26.4 Å². The highest BCUT2D eigenvalue weighted by atomic mass is 16.6. The minimum Gasteiger partial charge on any atom is -0.464 e. The summed E-state index contributed by atoms with van der Waals surface area (Å²) in [5.74, 6) is -1.96. The first-order valence-electron chi connectivity index (χ1n) is 12.7. The fourth-order valence-electron chi connectivity index (χ4n) is 4.33. The van der Waals surface area contributed by atoms with E-state index in [4.69, 9.17) is 14.2 Å². The maximum atomic E-state index is 13.6. The van der Waals surface area contributed by atoms with Gasteiger partial charge in [-0.2, -0.15) is 0 Å². The fraction of sp³-hybridized carbons (Fsp3) is 0.692. The lowest BCUT2D eigenvalue weighted by Crippen LogP contribution is -2.56. The average Bonchev–Trinajstić information content (AvgIpc) is 3.39. The summed E-state index contributed by atoms with van der Waals surface area (Å²) in [6, 6.07) is -2.04. The van der Waals surface area contributed by atoms with Crippen LogP contribution in [-0.2, 0) is 28.6 Å². The topological polar surface area (TPSA) is 143 Å². The van der Waals surface area contributed by atoms with Gasteiger partial charge < -0.3 is 34.9 Å². The lowest BCUT2D eigenvalue weighted by Gasteiger charge is -2.30. The van der Waals surface area contributed by atoms with Crippen molar-refractivity contribution >= 4 is 23.9 Å². The number of nitrogens with one attached hydrogen (secondary N) is 2. The van der Waals surface area contributed by atoms with Crippen molar-refractivity contribution in [1.82, 2.24) is 15.5 Å². The van der Waals surface area contributed by atoms with Crippen molar-refractivity contribution in [3.05, 3.63) is 25.3 Å². The monoisotopic (exact) mass is 523 g/mol. The molecule has 3 N–H and O–H groups in total. The largest absolute Gasteiger partial charge is 0.464 e. The standard InChI is InChI=1S/C26H41N3O8/c1-7-12-35-13-10-11-19(27-24(34)37-25(4,5)6)22(32)29-16-18(30)14-20(29)21(31)28-26(15-17(26)8-2)23(33)36-9-3/h7-8,17-20,30H,1-2,9-16H2,3-6H3,(H,27,34)(H,28,31)/t17-,18-,19-,20+,26-/m1/s1. The molecule has 5 atom stereocenters. The lowest BCUT2D eigenvalue weighted by molar-refractivity contribution is -0.150. The Labute approximate surface area is 218 Å². The highest BCUT2D eigenvalue weighted by Gasteiger charge is 2.62. The molecule has 1 aliphatic carbocycles. The van der Waals surface area contributed by atoms with Gasteiger partial charge in [-0.3, -0.25) is 9.59 Å². The molecule has 11 nitrogen and oxygen atoms in total. The van der Waals surface area contributed by atoms with Crippen molar-refractivity contribution < 1.29 is 38.5 Å². The number of carbonyl (C=O) groups is 4. The van der Waals surface area contributed by atoms with Crippen molar-refractivity contribution in [2.45, 2.75) is 82.7 Å². The van der Waals surface area contributed by atoms with Gasteiger partial charge in [0.1, 0.15) is 23.2 Å². The Balaban J connectivity index is 2.17. The zero-order valence-electron chi connectivity index (χ0n) is 22.3. The summed E-state index contributed by atoms with van der Waals surface area (Å²) in [5.41, 5.74) is -2.00. The third-order valence-electron chi connectivity index (χ3n) is 6.16. The van der Waals surface area contributed by atoms with Gasteiger partial charge in [-0.05, 0) is 47.0 Å². The second-order valence-electron chi connectivity index (χ2n) is 10.3. The normalized spacial score (nSPS) is 25.5. The maximum Gasteiger partial charge on any atom is 0.408 e. The predicted octanol–water partition coefficient (Wildman–Crippen LogP) is 1.45. The van der Waals surface area contributed by atoms with Gasteiger partial charge in [0.25, 0.3) is 0 Å². The van der Waals surface area contributed by atoms with Crippen LogP contribution in [0.4, 0.5) is 4.79 Å². The number of carbonyl (C=O) groups excluding carboxylic acids is 4. The zero-order chi connectivity index (χ0) is 27.8. The Kier molecular flexibility index (Phi) is 10.7. The fourth-order valence-corrected chi connectivity index (χ4v) is 4.33. The molecule has 0 aromatic heterocycles. The molecule has 1 aliphatic heterocycles. The number of rotatable bonds is 13. The van der Waals surface area contributed by atoms with Gasteiger partial charge in [0, 0.05) is 25.5 Å². The molecule has 0 bridgehead atoms. The van der Waals surface area contributed by atoms with Gasteiger partial charge in [-0.15, -0.1) is 13.2 Å². The number of hydrogen-bond acceptors (Lipinski definition) is 8. The molecule has 11 heteroatoms. The lowest BCUT2D eigenvalue weighted by atomic mass is 10.1. The van der Waals surface area contributed by atoms with Crippen LogP contribution in [0.2, 0.25) is 0 Å². The summed E-state index contributed by atoms with van der Waals surface area (Å²) in [5, 5.41) is 15.7. The Morgan fingerprint density at radius 1 is 1.24 bits per heavy atom. The van der Waals surface area contributed by atoms with E-state index in [1.54, 1.807) is 39.8 Å². The second-order valence-corrected chi connectivity index (χ2v) is 10.3. The summed E-state index contributed by atoms with van der Waals surface area (Å²) >= 11 is 0. The predicted molar refractivity (Wildman–Crippen MR) is 135 cm³/mol. The van der Waals surface area contributed by atoms with E-state index in [0.717, 1.165) is 0 Å². The molecule has 0 radical (unpaired) electrons. The van der Waals surface area contributed by atoms with Crippen molar-refractivity contribution in [2.24, 2.45) is 5.92 Å². The van der Waals surface area contributed by atoms with Crippen LogP contribution in [0, 0.1) is 5.92 Å². The highest BCUT2D eigenvalue weighted by molar-refractivity contribution is 5.96. The zero-order valence-corrected chi connectivity index (χ0v) is 22.3. The van der Waals surface area contributed by atoms with E-state index in [1.165, 1.54) is 4.90 Å². The summed E-state index contributed by atoms with van der Waals surface area (Å²) in [6.07, 6.45) is 2.49. The van der Waals surface area contributed by atoms with Gasteiger partial charge in [0.15, 0.2) is 0 Å². The molecule has 0 spiro atoms. The molecule has 2 aliphatic rings. The van der Waals surface area contributed by atoms with Crippen LogP contribution in [0.5, 0.6) is 0 Å². The number of likely N-dealkylation sites (tertiary alicyclic amines) is 1. The van der Waals surface area contributed by atoms with E-state index in [1.807, 2.05) is 0 Å². The summed E-state index contributed by atoms with van der Waals surface area (Å²) in [6.45, 7) is 14.8. The molecule has 1 saturated heterocycles. The van der Waals surface area contributed by atoms with Crippen molar-refractivity contribution in [3.63, 3.8) is 0 Å². The van der Waals surface area contributed by atoms with Gasteiger partial charge in [0.05, 0.1) is 19.3 Å². The van der Waals surface area contributed by atoms with Crippen LogP contribution in [0.15, 0.2) is 25.3 Å². The first kappa shape index (κ1) is 30.3. The van der Waals surface area contributed by atoms with Crippen molar-refractivity contribution in [3.8, 4) is 0 Å². The Bertz CT molecular complexity index is 870. The van der Waals surface area contributed by atoms with E-state index in [0.29, 0.717) is 26.1 Å². The van der Waals surface area contributed by atoms with Crippen LogP contribution in [0.1, 0.15) is 53.4 Å². The molecule has 37 heavy (non-hydrogen) atoms. The minimum absolute atomic E-state index is 0.00314. The number of esters is 1. The molecule has 3 amide bonds. The SMILES string of the molecule is C=CCOCCC[C@@H](NC(=O)OC(C)(C)C)C(=O)N1C[C@H](O)C[C@H]1C(=O)N[C@]1(C(=O)OCC)C[C@H]1C=C. The van der Waals surface area contributed by atoms with Crippen molar-refractivity contribution in [1.29, 1.82) is 0 Å². The number of hydrogen-bond donors (Lipinski definition) is 3. The quantitative estimate of drug-likeness (QED) is 0.187. The molecule has 1 saturated carbocycles. The molecule has 0 unspecified atom stereocenters. The van der Waals surface area contributed by atoms with E-state index in [2.05, 4.69) is 23.8 Å². The van der Waals surface area contributed by atoms with Gasteiger partial charge >= 0.3 is 12.1 Å². The number of alkyl carbamates (subject to hydrolysis) is 1. The molecule has 2 rings (SSSR count). The molecule has 0 aromatic rings. The molecule has 208 valence electrons. The third kappa shape index (κ3) is 8.29. The van der Waals surface area contributed by atoms with Gasteiger partial charge in [-0.25, -0.2) is 9.59 Å². The second kappa shape index (κ2) is 13.0. The first-order valence-corrected chi connectivity index (χ1v) is 12.7. The number of nitrogens with zero attached hydrogens (tertiary/aromatic N) is 1. The van der Waals surface area contributed by atoms with E-state index in [9.17, 15) is 24.3 Å². The maximum absolute atomic E-state index is 13.6. The number of aliphatic hydroxyl groups excluding tert-OH is 1. The first-order chi connectivity index (χ1) is 17.4. The van der Waals surface area contributed by atoms with E-state index < -0.39 is 53.2 Å². The van der Waals surface area contributed by atoms with Crippen LogP contribution in [-0.4, -0.2) is 89.6 Å². The molecule has 1 heterocycles. The molecule has 2 fully saturated rings. The van der Waals surface area contributed by atoms with E-state index >= 15 is 0 Å². The average molecular weight is 524 g/mol. The molecular formula is C26H41N3O8. The minimum atomic E-state index is -1.23. The number of β-amino-alcohol motifs (C(OH)–C–C–N with tert-alkyl or cyclic N) is 1. The third-order valence-corrected chi connectivity index (χ3v) is 6.16. The summed E-state index contributed by atoms with van der Waals surface area (Å²) in [4.78, 5) is 53.1. The van der Waals surface area contributed by atoms with Crippen LogP contribution < -0.4 is 10.6 Å². The molecule has 0 aromatic carbocycles. The summed E-state index contributed by atoms with van der Waals surface area (Å²) in [7, 11) is 0. The molecular weight excluding hydrogens is 482 g/mol. The van der Waals surface area contributed by atoms with Gasteiger partial charge in [-0.1, -0.05) is 12.2 Å². The Morgan fingerprint density at radius 2 is 1.95 bits per heavy atom. The smallest absolute Gasteiger partial charge is 0.408 e. The van der Waals surface area contributed by atoms with Crippen LogP contribution >= 0.6 is 0 Å². The Hall–Kier alpha value is -2.92.